The minimum Gasteiger partial charge on any atom is -0.258 e. The Labute approximate surface area is 127 Å². The molecule has 0 aliphatic heterocycles. The largest absolute Gasteiger partial charge is 0.300 e. The average Bonchev–Trinajstić information content (AvgIpc) is 2.79. The van der Waals surface area contributed by atoms with Gasteiger partial charge in [-0.05, 0) is 19.3 Å². The lowest BCUT2D eigenvalue weighted by Gasteiger charge is -2.30. The van der Waals surface area contributed by atoms with Gasteiger partial charge in [-0.3, -0.25) is 10.1 Å². The molecule has 0 bridgehead atoms. The summed E-state index contributed by atoms with van der Waals surface area (Å²) in [6.45, 7) is 5.71. The number of sulfonamides is 1. The Kier molecular flexibility index (Phi) is 5.54. The van der Waals surface area contributed by atoms with E-state index < -0.39 is 20.5 Å². The van der Waals surface area contributed by atoms with Crippen LogP contribution in [-0.4, -0.2) is 18.9 Å². The summed E-state index contributed by atoms with van der Waals surface area (Å²) in [4.78, 5) is 10.0. The fourth-order valence-corrected chi connectivity index (χ4v) is 5.18. The molecule has 114 valence electrons. The van der Waals surface area contributed by atoms with Gasteiger partial charge in [0.1, 0.15) is 4.21 Å². The van der Waals surface area contributed by atoms with Crippen molar-refractivity contribution >= 4 is 38.6 Å². The first-order chi connectivity index (χ1) is 9.21. The van der Waals surface area contributed by atoms with E-state index in [1.807, 2.05) is 20.8 Å². The molecule has 0 fully saturated rings. The molecule has 0 spiro atoms. The molecule has 20 heavy (non-hydrogen) atoms. The molecule has 0 aliphatic rings. The first kappa shape index (κ1) is 17.4. The Morgan fingerprint density at radius 1 is 1.35 bits per heavy atom. The van der Waals surface area contributed by atoms with E-state index in [1.54, 1.807) is 0 Å². The zero-order valence-electron chi connectivity index (χ0n) is 11.5. The normalized spacial score (nSPS) is 12.6. The quantitative estimate of drug-likeness (QED) is 0.607. The van der Waals surface area contributed by atoms with Crippen molar-refractivity contribution in [1.29, 1.82) is 0 Å². The highest BCUT2D eigenvalue weighted by Crippen LogP contribution is 2.37. The van der Waals surface area contributed by atoms with Crippen molar-refractivity contribution in [3.63, 3.8) is 0 Å². The monoisotopic (exact) mass is 340 g/mol. The Morgan fingerprint density at radius 2 is 1.85 bits per heavy atom. The fraction of sp³-hybridized carbons (Fsp3) is 0.636. The summed E-state index contributed by atoms with van der Waals surface area (Å²) in [5.41, 5.74) is -0.920. The Balaban J connectivity index is 3.17. The summed E-state index contributed by atoms with van der Waals surface area (Å²) < 4.78 is 27.0. The van der Waals surface area contributed by atoms with Gasteiger partial charge in [0, 0.05) is 11.6 Å². The topological polar surface area (TPSA) is 89.3 Å². The molecule has 9 heteroatoms. The summed E-state index contributed by atoms with van der Waals surface area (Å²) in [5, 5.41) is 10.7. The van der Waals surface area contributed by atoms with Gasteiger partial charge in [0.05, 0.1) is 4.92 Å². The number of nitrogens with one attached hydrogen (secondary N) is 1. The molecule has 1 N–H and O–H groups in total. The SMILES string of the molecule is CCC(CC)(CC)NS(=O)(=O)c1cc([N+](=O)[O-])c(Cl)s1. The van der Waals surface area contributed by atoms with Crippen molar-refractivity contribution in [2.45, 2.75) is 49.8 Å². The molecule has 0 atom stereocenters. The van der Waals surface area contributed by atoms with E-state index in [0.717, 1.165) is 6.07 Å². The van der Waals surface area contributed by atoms with E-state index in [-0.39, 0.29) is 14.2 Å². The second-order valence-electron chi connectivity index (χ2n) is 4.43. The van der Waals surface area contributed by atoms with Crippen LogP contribution >= 0.6 is 22.9 Å². The van der Waals surface area contributed by atoms with Crippen molar-refractivity contribution < 1.29 is 13.3 Å². The molecule has 1 heterocycles. The molecule has 6 nitrogen and oxygen atoms in total. The highest BCUT2D eigenvalue weighted by Gasteiger charge is 2.33. The third kappa shape index (κ3) is 3.49. The highest BCUT2D eigenvalue weighted by molar-refractivity contribution is 7.91. The minimum atomic E-state index is -3.81. The van der Waals surface area contributed by atoms with Crippen molar-refractivity contribution in [1.82, 2.24) is 4.72 Å². The lowest BCUT2D eigenvalue weighted by atomic mass is 9.91. The van der Waals surface area contributed by atoms with Gasteiger partial charge < -0.3 is 0 Å². The molecule has 0 amide bonds. The van der Waals surface area contributed by atoms with E-state index in [1.165, 1.54) is 0 Å². The van der Waals surface area contributed by atoms with Crippen LogP contribution in [0.5, 0.6) is 0 Å². The lowest BCUT2D eigenvalue weighted by Crippen LogP contribution is -2.46. The van der Waals surface area contributed by atoms with Crippen LogP contribution in [0.25, 0.3) is 0 Å². The molecule has 0 aromatic carbocycles. The Morgan fingerprint density at radius 3 is 2.20 bits per heavy atom. The second kappa shape index (κ2) is 6.38. The van der Waals surface area contributed by atoms with Gasteiger partial charge in [0.25, 0.3) is 15.7 Å². The standard InChI is InChI=1S/C11H17ClN2O4S2/c1-4-11(5-2,6-3)13-20(17,18)9-7-8(14(15)16)10(12)19-9/h7,13H,4-6H2,1-3H3. The van der Waals surface area contributed by atoms with Gasteiger partial charge in [-0.25, -0.2) is 13.1 Å². The molecule has 0 saturated carbocycles. The van der Waals surface area contributed by atoms with E-state index >= 15 is 0 Å². The van der Waals surface area contributed by atoms with Crippen molar-refractivity contribution in [3.05, 3.63) is 20.5 Å². The molecule has 1 aromatic rings. The summed E-state index contributed by atoms with van der Waals surface area (Å²) in [6.07, 6.45) is 1.92. The maximum atomic E-state index is 12.3. The van der Waals surface area contributed by atoms with Crippen molar-refractivity contribution in [2.75, 3.05) is 0 Å². The first-order valence-electron chi connectivity index (χ1n) is 6.19. The van der Waals surface area contributed by atoms with E-state index in [9.17, 15) is 18.5 Å². The van der Waals surface area contributed by atoms with E-state index in [2.05, 4.69) is 4.72 Å². The van der Waals surface area contributed by atoms with Gasteiger partial charge >= 0.3 is 0 Å². The van der Waals surface area contributed by atoms with Gasteiger partial charge in [0.2, 0.25) is 0 Å². The van der Waals surface area contributed by atoms with Crippen LogP contribution in [0.1, 0.15) is 40.0 Å². The molecule has 0 aliphatic carbocycles. The maximum Gasteiger partial charge on any atom is 0.300 e. The molecule has 1 rings (SSSR count). The van der Waals surface area contributed by atoms with Gasteiger partial charge in [-0.2, -0.15) is 0 Å². The fourth-order valence-electron chi connectivity index (χ4n) is 1.90. The number of nitrogens with zero attached hydrogens (tertiary/aromatic N) is 1. The van der Waals surface area contributed by atoms with Crippen LogP contribution in [-0.2, 0) is 10.0 Å². The average molecular weight is 341 g/mol. The highest BCUT2D eigenvalue weighted by atomic mass is 35.5. The minimum absolute atomic E-state index is 0.131. The van der Waals surface area contributed by atoms with Crippen LogP contribution in [0.15, 0.2) is 10.3 Å². The van der Waals surface area contributed by atoms with Gasteiger partial charge in [-0.15, -0.1) is 11.3 Å². The third-order valence-electron chi connectivity index (χ3n) is 3.49. The van der Waals surface area contributed by atoms with Crippen LogP contribution in [0.4, 0.5) is 5.69 Å². The number of thiophene rings is 1. The lowest BCUT2D eigenvalue weighted by molar-refractivity contribution is -0.384. The second-order valence-corrected chi connectivity index (χ2v) is 7.99. The first-order valence-corrected chi connectivity index (χ1v) is 8.86. The van der Waals surface area contributed by atoms with Crippen LogP contribution in [0.3, 0.4) is 0 Å². The van der Waals surface area contributed by atoms with Crippen LogP contribution < -0.4 is 4.72 Å². The number of rotatable bonds is 7. The van der Waals surface area contributed by atoms with Gasteiger partial charge in [-0.1, -0.05) is 32.4 Å². The Hall–Kier alpha value is -0.700. The van der Waals surface area contributed by atoms with E-state index in [0.29, 0.717) is 30.6 Å². The number of hydrogen-bond donors (Lipinski definition) is 1. The maximum absolute atomic E-state index is 12.3. The molecule has 0 radical (unpaired) electrons. The zero-order valence-corrected chi connectivity index (χ0v) is 13.9. The molecular formula is C11H17ClN2O4S2. The molecule has 1 aromatic heterocycles. The molecular weight excluding hydrogens is 324 g/mol. The summed E-state index contributed by atoms with van der Waals surface area (Å²) in [6, 6.07) is 1.00. The predicted octanol–water partition coefficient (Wildman–Crippen LogP) is 3.56. The molecule has 0 saturated heterocycles. The van der Waals surface area contributed by atoms with Crippen LogP contribution in [0.2, 0.25) is 4.34 Å². The van der Waals surface area contributed by atoms with Crippen molar-refractivity contribution in [2.24, 2.45) is 0 Å². The Bertz CT molecular complexity index is 585. The summed E-state index contributed by atoms with van der Waals surface area (Å²) in [7, 11) is -3.81. The third-order valence-corrected chi connectivity index (χ3v) is 6.88. The van der Waals surface area contributed by atoms with E-state index in [4.69, 9.17) is 11.6 Å². The predicted molar refractivity (Wildman–Crippen MR) is 79.9 cm³/mol. The zero-order chi connectivity index (χ0) is 15.6. The number of nitro groups is 1. The number of halogens is 1. The van der Waals surface area contributed by atoms with Gasteiger partial charge in [0.15, 0.2) is 4.34 Å². The molecule has 0 unspecified atom stereocenters. The summed E-state index contributed by atoms with van der Waals surface area (Å²) in [5.74, 6) is 0. The number of hydrogen-bond acceptors (Lipinski definition) is 5. The van der Waals surface area contributed by atoms with Crippen LogP contribution in [0, 0.1) is 10.1 Å². The smallest absolute Gasteiger partial charge is 0.258 e. The van der Waals surface area contributed by atoms with Crippen molar-refractivity contribution in [3.8, 4) is 0 Å². The summed E-state index contributed by atoms with van der Waals surface area (Å²) >= 11 is 6.40.